The number of hydrogen-bond donors (Lipinski definition) is 1. The van der Waals surface area contributed by atoms with Crippen molar-refractivity contribution in [2.45, 2.75) is 13.8 Å². The zero-order chi connectivity index (χ0) is 17.7. The molecule has 0 atom stereocenters. The molecule has 2 rings (SSSR count). The lowest BCUT2D eigenvalue weighted by Gasteiger charge is -2.11. The zero-order valence-electron chi connectivity index (χ0n) is 12.9. The van der Waals surface area contributed by atoms with Crippen LogP contribution in [0.25, 0.3) is 0 Å². The maximum absolute atomic E-state index is 11.7. The van der Waals surface area contributed by atoms with Crippen LogP contribution in [0.2, 0.25) is 0 Å². The minimum Gasteiger partial charge on any atom is -0.482 e. The molecule has 1 amide bonds. The minimum absolute atomic E-state index is 0.0193. The third-order valence-corrected chi connectivity index (χ3v) is 4.46. The summed E-state index contributed by atoms with van der Waals surface area (Å²) in [4.78, 5) is 22.4. The minimum atomic E-state index is -0.476. The fraction of sp³-hybridized carbons (Fsp3) is 0.200. The number of nitrogens with zero attached hydrogens (tertiary/aromatic N) is 2. The Hall–Kier alpha value is -2.26. The molecule has 1 aromatic heterocycles. The molecule has 1 aromatic carbocycles. The van der Waals surface area contributed by atoms with E-state index >= 15 is 0 Å². The first-order valence-electron chi connectivity index (χ1n) is 6.82. The standard InChI is InChI=1S/C15H14BrN3O4S/c1-9-5-10(2)15(12(16)6-9)23-8-13(20)18-17-7-11-3-4-14(24-11)19(21)22/h3-7H,8H2,1-2H3,(H,18,20)/b17-7+. The summed E-state index contributed by atoms with van der Waals surface area (Å²) < 4.78 is 6.28. The Morgan fingerprint density at radius 2 is 2.21 bits per heavy atom. The fourth-order valence-corrected chi connectivity index (χ4v) is 3.41. The number of aryl methyl sites for hydroxylation is 2. The number of nitrogens with one attached hydrogen (secondary N) is 1. The van der Waals surface area contributed by atoms with Crippen molar-refractivity contribution in [3.05, 3.63) is 54.9 Å². The SMILES string of the molecule is Cc1cc(C)c(OCC(=O)N/N=C/c2ccc([N+](=O)[O-])s2)c(Br)c1. The Labute approximate surface area is 150 Å². The molecule has 0 aliphatic heterocycles. The molecule has 0 saturated carbocycles. The summed E-state index contributed by atoms with van der Waals surface area (Å²) in [6.07, 6.45) is 1.35. The first kappa shape index (κ1) is 18.1. The second-order valence-corrected chi connectivity index (χ2v) is 6.86. The van der Waals surface area contributed by atoms with E-state index in [1.807, 2.05) is 26.0 Å². The van der Waals surface area contributed by atoms with Gasteiger partial charge in [0, 0.05) is 6.07 Å². The van der Waals surface area contributed by atoms with E-state index in [-0.39, 0.29) is 11.6 Å². The molecule has 0 aliphatic rings. The molecule has 0 unspecified atom stereocenters. The molecule has 126 valence electrons. The zero-order valence-corrected chi connectivity index (χ0v) is 15.3. The highest BCUT2D eigenvalue weighted by molar-refractivity contribution is 9.10. The van der Waals surface area contributed by atoms with Crippen LogP contribution in [0.3, 0.4) is 0 Å². The Balaban J connectivity index is 1.87. The van der Waals surface area contributed by atoms with E-state index in [1.165, 1.54) is 12.3 Å². The Morgan fingerprint density at radius 3 is 2.83 bits per heavy atom. The Kier molecular flexibility index (Phi) is 6.04. The van der Waals surface area contributed by atoms with Crippen molar-refractivity contribution < 1.29 is 14.5 Å². The maximum atomic E-state index is 11.7. The summed E-state index contributed by atoms with van der Waals surface area (Å²) in [6, 6.07) is 6.80. The number of carbonyl (C=O) groups is 1. The number of amides is 1. The summed E-state index contributed by atoms with van der Waals surface area (Å²) >= 11 is 4.38. The molecule has 0 saturated heterocycles. The third-order valence-electron chi connectivity index (χ3n) is 2.89. The molecule has 0 spiro atoms. The van der Waals surface area contributed by atoms with Crippen LogP contribution < -0.4 is 10.2 Å². The van der Waals surface area contributed by atoms with Gasteiger partial charge in [-0.2, -0.15) is 5.10 Å². The van der Waals surface area contributed by atoms with E-state index < -0.39 is 10.8 Å². The van der Waals surface area contributed by atoms with Crippen molar-refractivity contribution in [3.8, 4) is 5.75 Å². The number of hydrazone groups is 1. The number of rotatable bonds is 6. The van der Waals surface area contributed by atoms with Gasteiger partial charge in [0.2, 0.25) is 0 Å². The molecule has 9 heteroatoms. The van der Waals surface area contributed by atoms with Gasteiger partial charge in [-0.3, -0.25) is 14.9 Å². The van der Waals surface area contributed by atoms with Gasteiger partial charge in [-0.1, -0.05) is 17.4 Å². The highest BCUT2D eigenvalue weighted by Crippen LogP contribution is 2.30. The van der Waals surface area contributed by atoms with Gasteiger partial charge < -0.3 is 4.74 Å². The topological polar surface area (TPSA) is 93.8 Å². The number of halogens is 1. The van der Waals surface area contributed by atoms with E-state index in [2.05, 4.69) is 26.5 Å². The van der Waals surface area contributed by atoms with E-state index in [1.54, 1.807) is 6.07 Å². The number of hydrogen-bond acceptors (Lipinski definition) is 6. The fourth-order valence-electron chi connectivity index (χ4n) is 1.93. The molecule has 1 heterocycles. The van der Waals surface area contributed by atoms with Crippen molar-refractivity contribution in [1.82, 2.24) is 5.43 Å². The number of thiophene rings is 1. The molecular weight excluding hydrogens is 398 g/mol. The Bertz CT molecular complexity index is 781. The van der Waals surface area contributed by atoms with Gasteiger partial charge in [-0.25, -0.2) is 5.43 Å². The van der Waals surface area contributed by atoms with E-state index in [4.69, 9.17) is 4.74 Å². The molecule has 24 heavy (non-hydrogen) atoms. The summed E-state index contributed by atoms with van der Waals surface area (Å²) in [5.74, 6) is 0.179. The van der Waals surface area contributed by atoms with E-state index in [0.29, 0.717) is 10.6 Å². The number of carbonyl (C=O) groups excluding carboxylic acids is 1. The van der Waals surface area contributed by atoms with Crippen molar-refractivity contribution in [2.75, 3.05) is 6.61 Å². The average molecular weight is 412 g/mol. The second-order valence-electron chi connectivity index (χ2n) is 4.91. The van der Waals surface area contributed by atoms with Crippen LogP contribution in [0.5, 0.6) is 5.75 Å². The first-order valence-corrected chi connectivity index (χ1v) is 8.43. The molecule has 0 radical (unpaired) electrons. The molecule has 0 aliphatic carbocycles. The van der Waals surface area contributed by atoms with Crippen LogP contribution in [0.15, 0.2) is 33.8 Å². The number of nitro groups is 1. The summed E-state index contributed by atoms with van der Waals surface area (Å²) in [5.41, 5.74) is 4.33. The second kappa shape index (κ2) is 8.02. The van der Waals surface area contributed by atoms with Crippen molar-refractivity contribution in [1.29, 1.82) is 0 Å². The van der Waals surface area contributed by atoms with Crippen molar-refractivity contribution >= 4 is 44.4 Å². The van der Waals surface area contributed by atoms with Crippen LogP contribution >= 0.6 is 27.3 Å². The summed E-state index contributed by atoms with van der Waals surface area (Å²) in [5, 5.41) is 14.3. The lowest BCUT2D eigenvalue weighted by molar-refractivity contribution is -0.380. The number of ether oxygens (including phenoxy) is 1. The van der Waals surface area contributed by atoms with Crippen LogP contribution in [0.1, 0.15) is 16.0 Å². The van der Waals surface area contributed by atoms with Gasteiger partial charge >= 0.3 is 5.00 Å². The van der Waals surface area contributed by atoms with E-state index in [9.17, 15) is 14.9 Å². The average Bonchev–Trinajstić information content (AvgIpc) is 2.95. The van der Waals surface area contributed by atoms with Crippen LogP contribution in [-0.4, -0.2) is 23.7 Å². The molecular formula is C15H14BrN3O4S. The number of benzene rings is 1. The molecule has 0 fully saturated rings. The largest absolute Gasteiger partial charge is 0.482 e. The predicted molar refractivity (Wildman–Crippen MR) is 95.8 cm³/mol. The third kappa shape index (κ3) is 4.87. The summed E-state index contributed by atoms with van der Waals surface area (Å²) in [6.45, 7) is 3.68. The van der Waals surface area contributed by atoms with Crippen LogP contribution in [0, 0.1) is 24.0 Å². The maximum Gasteiger partial charge on any atom is 0.324 e. The van der Waals surface area contributed by atoms with Gasteiger partial charge in [0.15, 0.2) is 6.61 Å². The highest BCUT2D eigenvalue weighted by atomic mass is 79.9. The van der Waals surface area contributed by atoms with Crippen molar-refractivity contribution in [3.63, 3.8) is 0 Å². The molecule has 2 aromatic rings. The molecule has 1 N–H and O–H groups in total. The molecule has 7 nitrogen and oxygen atoms in total. The van der Waals surface area contributed by atoms with Gasteiger partial charge in [-0.05, 0) is 53.0 Å². The smallest absolute Gasteiger partial charge is 0.324 e. The quantitative estimate of drug-likeness (QED) is 0.446. The highest BCUT2D eigenvalue weighted by Gasteiger charge is 2.10. The van der Waals surface area contributed by atoms with Gasteiger partial charge in [0.25, 0.3) is 5.91 Å². The van der Waals surface area contributed by atoms with Crippen LogP contribution in [-0.2, 0) is 4.79 Å². The van der Waals surface area contributed by atoms with Crippen LogP contribution in [0.4, 0.5) is 5.00 Å². The van der Waals surface area contributed by atoms with Gasteiger partial charge in [0.1, 0.15) is 5.75 Å². The molecule has 0 bridgehead atoms. The Morgan fingerprint density at radius 1 is 1.46 bits per heavy atom. The van der Waals surface area contributed by atoms with Gasteiger partial charge in [-0.15, -0.1) is 0 Å². The van der Waals surface area contributed by atoms with E-state index in [0.717, 1.165) is 26.9 Å². The summed E-state index contributed by atoms with van der Waals surface area (Å²) in [7, 11) is 0. The first-order chi connectivity index (χ1) is 11.4. The predicted octanol–water partition coefficient (Wildman–Crippen LogP) is 3.56. The lowest BCUT2D eigenvalue weighted by Crippen LogP contribution is -2.24. The monoisotopic (exact) mass is 411 g/mol. The lowest BCUT2D eigenvalue weighted by atomic mass is 10.1. The van der Waals surface area contributed by atoms with Crippen molar-refractivity contribution in [2.24, 2.45) is 5.10 Å². The normalized spacial score (nSPS) is 10.8. The van der Waals surface area contributed by atoms with Gasteiger partial charge in [0.05, 0.1) is 20.5 Å².